The van der Waals surface area contributed by atoms with E-state index in [1.165, 1.54) is 64.8 Å². The second-order valence-electron chi connectivity index (χ2n) is 13.0. The molecule has 0 saturated heterocycles. The first-order valence-corrected chi connectivity index (χ1v) is 20.7. The van der Waals surface area contributed by atoms with Crippen LogP contribution < -0.4 is 0 Å². The molecular formula is C47H52S4Y10-10. The van der Waals surface area contributed by atoms with E-state index in [4.69, 9.17) is 0 Å². The van der Waals surface area contributed by atoms with Crippen molar-refractivity contribution in [2.24, 2.45) is 0 Å². The normalized spacial score (nSPS) is 8.69. The van der Waals surface area contributed by atoms with Gasteiger partial charge in [0.1, 0.15) is 0 Å². The van der Waals surface area contributed by atoms with Gasteiger partial charge in [-0.05, 0) is 6.26 Å². The Morgan fingerprint density at radius 1 is 0.279 bits per heavy atom. The second kappa shape index (κ2) is 47.0. The fraction of sp³-hybridized carbons (Fsp3) is 0.362. The summed E-state index contributed by atoms with van der Waals surface area (Å²) >= 11 is 6.06. The van der Waals surface area contributed by atoms with Gasteiger partial charge >= 0.3 is 0 Å². The van der Waals surface area contributed by atoms with Crippen LogP contribution in [0.2, 0.25) is 0 Å². The zero-order chi connectivity index (χ0) is 38.7. The predicted octanol–water partition coefficient (Wildman–Crippen LogP) is 13.5. The number of hydrogen-bond donors (Lipinski definition) is 1. The Labute approximate surface area is 644 Å². The summed E-state index contributed by atoms with van der Waals surface area (Å²) in [5.41, 5.74) is 18.7. The van der Waals surface area contributed by atoms with E-state index in [0.29, 0.717) is 0 Å². The zero-order valence-corrected chi connectivity index (χ0v) is 71.2. The first-order chi connectivity index (χ1) is 23.7. The van der Waals surface area contributed by atoms with Crippen LogP contribution in [-0.4, -0.2) is 6.26 Å². The summed E-state index contributed by atoms with van der Waals surface area (Å²) in [6.07, 6.45) is 2.09. The molecule has 5 aromatic carbocycles. The number of rotatable bonds is 4. The third kappa shape index (κ3) is 33.2. The topological polar surface area (TPSA) is 0 Å². The van der Waals surface area contributed by atoms with E-state index in [9.17, 15) is 0 Å². The number of benzene rings is 5. The molecule has 0 N–H and O–H groups in total. The second-order valence-corrected chi connectivity index (χ2v) is 16.4. The molecule has 5 rings (SSSR count). The molecule has 61 heavy (non-hydrogen) atoms. The Bertz CT molecular complexity index is 1760. The van der Waals surface area contributed by atoms with E-state index >= 15 is 0 Å². The first-order valence-electron chi connectivity index (χ1n) is 16.9. The Morgan fingerprint density at radius 3 is 0.672 bits per heavy atom. The molecule has 0 aromatic heterocycles. The fourth-order valence-electron chi connectivity index (χ4n) is 5.66. The van der Waals surface area contributed by atoms with Crippen molar-refractivity contribution in [1.29, 1.82) is 0 Å². The Balaban J connectivity index is -0.0000000835. The third-order valence-corrected chi connectivity index (χ3v) is 12.6. The summed E-state index contributed by atoms with van der Waals surface area (Å²) in [5, 5.41) is 0. The van der Waals surface area contributed by atoms with Gasteiger partial charge in [0.05, 0.1) is 0 Å². The zero-order valence-electron chi connectivity index (χ0n) is 39.4. The SMILES string of the molecule is CSc1c(C)[c-]c(C)[c-]c1C.Cc1[c-]c(C)c(C)c(C)[c-]1.Cc1[c-]c(C)c(S)c(C)[c-]1.Cc1[c-]c(C)c(SSc2c(C)[c-]c(C)[c-]c2C)c(C)[c-]1.[Y].[Y].[Y].[Y].[Y].[Y].[Y].[Y].[Y].[Y]. The largest absolute Gasteiger partial charge is 0.353 e. The molecule has 0 atom stereocenters. The molecule has 0 nitrogen and oxygen atoms in total. The van der Waals surface area contributed by atoms with Gasteiger partial charge < -0.3 is 60.7 Å². The van der Waals surface area contributed by atoms with Crippen LogP contribution in [0.15, 0.2) is 19.6 Å². The molecule has 0 bridgehead atoms. The van der Waals surface area contributed by atoms with Crippen molar-refractivity contribution < 1.29 is 327 Å². The van der Waals surface area contributed by atoms with Crippen molar-refractivity contribution in [1.82, 2.24) is 0 Å². The van der Waals surface area contributed by atoms with Crippen molar-refractivity contribution in [3.05, 3.63) is 150 Å². The molecule has 10 radical (unpaired) electrons. The van der Waals surface area contributed by atoms with E-state index in [1.54, 1.807) is 33.3 Å². The Hall–Kier alpha value is 8.54. The number of thioether (sulfide) groups is 1. The first kappa shape index (κ1) is 89.1. The van der Waals surface area contributed by atoms with Crippen LogP contribution >= 0.6 is 46.0 Å². The maximum absolute atomic E-state index is 4.30. The molecule has 0 fully saturated rings. The molecule has 0 aliphatic rings. The molecular weight excluding hydrogens is 1580 g/mol. The smallest absolute Gasteiger partial charge is 0 e. The van der Waals surface area contributed by atoms with Crippen LogP contribution in [0.4, 0.5) is 0 Å². The van der Waals surface area contributed by atoms with Crippen molar-refractivity contribution in [3.8, 4) is 0 Å². The van der Waals surface area contributed by atoms with Crippen molar-refractivity contribution in [2.45, 2.75) is 130 Å². The maximum atomic E-state index is 4.30. The molecule has 5 aromatic rings. The van der Waals surface area contributed by atoms with Gasteiger partial charge in [0.15, 0.2) is 0 Å². The summed E-state index contributed by atoms with van der Waals surface area (Å²) in [7, 11) is 3.57. The van der Waals surface area contributed by atoms with Gasteiger partial charge in [-0.15, -0.1) is 6.92 Å². The van der Waals surface area contributed by atoms with Crippen LogP contribution in [0.1, 0.15) is 89.0 Å². The molecule has 14 heteroatoms. The van der Waals surface area contributed by atoms with E-state index in [-0.39, 0.29) is 327 Å². The molecule has 0 aliphatic carbocycles. The molecule has 0 heterocycles. The summed E-state index contributed by atoms with van der Waals surface area (Å²) in [4.78, 5) is 4.85. The molecule has 304 valence electrons. The van der Waals surface area contributed by atoms with E-state index in [2.05, 4.69) is 142 Å². The number of thiol groups is 1. The summed E-state index contributed by atoms with van der Waals surface area (Å²) in [6, 6.07) is 32.6. The van der Waals surface area contributed by atoms with Gasteiger partial charge in [-0.3, -0.25) is 113 Å². The van der Waals surface area contributed by atoms with E-state index in [1.807, 2.05) is 48.5 Å². The molecule has 0 spiro atoms. The predicted molar refractivity (Wildman–Crippen MR) is 227 cm³/mol. The molecule has 0 unspecified atom stereocenters. The number of hydrogen-bond acceptors (Lipinski definition) is 4. The maximum Gasteiger partial charge on any atom is 0 e. The standard InChI is InChI=1S/C18H18S2.C10H12S.C10H12.C9H10S.10Y/c1-11-7-13(3)17(14(4)8-11)19-20-18-15(5)9-12(2)10-16(18)6;1-7-5-8(2)10(11-4)9(3)6-7;1-7-5-8(2)10(4)9(3)6-7;1-6-4-7(2)9(10)8(3)5-6;;;;;;;;;;/h1-6H3;1-4H3;1-4H3;10H,1-3H3;;;;;;;;;;/q-4;3*-2;;;;;;;;;;. The number of aryl methyl sites for hydroxylation is 15. The van der Waals surface area contributed by atoms with Gasteiger partial charge in [0, 0.05) is 327 Å². The fourth-order valence-corrected chi connectivity index (χ4v) is 9.36. The van der Waals surface area contributed by atoms with Crippen LogP contribution in [0.3, 0.4) is 0 Å². The van der Waals surface area contributed by atoms with Gasteiger partial charge in [0.25, 0.3) is 0 Å². The van der Waals surface area contributed by atoms with Crippen LogP contribution in [0.5, 0.6) is 0 Å². The summed E-state index contributed by atoms with van der Waals surface area (Å²) in [5.74, 6) is 0. The van der Waals surface area contributed by atoms with Crippen molar-refractivity contribution in [2.75, 3.05) is 6.26 Å². The summed E-state index contributed by atoms with van der Waals surface area (Å²) < 4.78 is 0. The minimum atomic E-state index is 0. The molecule has 0 aliphatic heterocycles. The molecule has 0 saturated carbocycles. The van der Waals surface area contributed by atoms with Gasteiger partial charge in [-0.2, -0.15) is 0 Å². The summed E-state index contributed by atoms with van der Waals surface area (Å²) in [6.45, 7) is 33.1. The average Bonchev–Trinajstić information content (AvgIpc) is 3.00. The minimum Gasteiger partial charge on any atom is -0.353 e. The van der Waals surface area contributed by atoms with Gasteiger partial charge in [0.2, 0.25) is 0 Å². The quantitative estimate of drug-likeness (QED) is 0.0825. The van der Waals surface area contributed by atoms with Crippen LogP contribution in [0.25, 0.3) is 0 Å². The van der Waals surface area contributed by atoms with Crippen molar-refractivity contribution in [3.63, 3.8) is 0 Å². The van der Waals surface area contributed by atoms with Crippen molar-refractivity contribution >= 4 is 46.0 Å². The van der Waals surface area contributed by atoms with E-state index in [0.717, 1.165) is 43.8 Å². The third-order valence-electron chi connectivity index (χ3n) is 8.04. The average molecular weight is 1630 g/mol. The minimum absolute atomic E-state index is 0. The van der Waals surface area contributed by atoms with Crippen LogP contribution in [0, 0.1) is 171 Å². The van der Waals surface area contributed by atoms with Gasteiger partial charge in [-0.25, -0.2) is 41.2 Å². The molecule has 0 amide bonds. The van der Waals surface area contributed by atoms with Crippen LogP contribution in [-0.2, 0) is 327 Å². The van der Waals surface area contributed by atoms with E-state index < -0.39 is 0 Å². The Morgan fingerprint density at radius 2 is 0.459 bits per heavy atom. The monoisotopic (exact) mass is 1630 g/mol. The Kier molecular flexibility index (Phi) is 68.7. The van der Waals surface area contributed by atoms with Gasteiger partial charge in [-0.1, -0.05) is 104 Å².